The standard InChI is InChI=1S/C20H32O3/c1-14-7-6-8-15(2)13-17-20(23-17,18(3,4)21)12-11-19(5)16(22-19)10-9-14/h7,13,16-17,21H,6,8-12H2,1-5H3. The maximum absolute atomic E-state index is 10.6. The SMILES string of the molecule is CC1=CC2OC2(C(C)(C)O)CCC2(C)OC2CCC(C)=CCC1. The lowest BCUT2D eigenvalue weighted by Crippen LogP contribution is -2.42. The van der Waals surface area contributed by atoms with Gasteiger partial charge in [-0.05, 0) is 73.1 Å². The van der Waals surface area contributed by atoms with Gasteiger partial charge in [0.15, 0.2) is 0 Å². The van der Waals surface area contributed by atoms with E-state index in [1.807, 2.05) is 13.8 Å². The fourth-order valence-corrected chi connectivity index (χ4v) is 4.02. The summed E-state index contributed by atoms with van der Waals surface area (Å²) in [5.74, 6) is 0. The average Bonchev–Trinajstić information content (AvgIpc) is 3.30. The number of rotatable bonds is 1. The molecule has 0 aromatic rings. The van der Waals surface area contributed by atoms with Gasteiger partial charge in [0.2, 0.25) is 0 Å². The number of hydrogen-bond donors (Lipinski definition) is 1. The van der Waals surface area contributed by atoms with Crippen LogP contribution in [0.1, 0.15) is 73.1 Å². The Bertz CT molecular complexity index is 527. The zero-order valence-electron chi connectivity index (χ0n) is 15.3. The smallest absolute Gasteiger partial charge is 0.127 e. The minimum atomic E-state index is -0.831. The normalized spacial score (nSPS) is 41.8. The second-order valence-electron chi connectivity index (χ2n) is 8.55. The first kappa shape index (κ1) is 17.2. The molecule has 0 amide bonds. The van der Waals surface area contributed by atoms with Crippen molar-refractivity contribution in [2.24, 2.45) is 0 Å². The summed E-state index contributed by atoms with van der Waals surface area (Å²) >= 11 is 0. The molecular weight excluding hydrogens is 288 g/mol. The molecule has 3 nitrogen and oxygen atoms in total. The molecule has 3 rings (SSSR count). The van der Waals surface area contributed by atoms with Gasteiger partial charge in [0.25, 0.3) is 0 Å². The van der Waals surface area contributed by atoms with Gasteiger partial charge in [0.05, 0.1) is 17.3 Å². The highest BCUT2D eigenvalue weighted by molar-refractivity contribution is 5.23. The van der Waals surface area contributed by atoms with E-state index in [4.69, 9.17) is 9.47 Å². The third-order valence-corrected chi connectivity index (χ3v) is 6.07. The lowest BCUT2D eigenvalue weighted by atomic mass is 9.80. The van der Waals surface area contributed by atoms with E-state index in [-0.39, 0.29) is 11.7 Å². The second-order valence-corrected chi connectivity index (χ2v) is 8.55. The van der Waals surface area contributed by atoms with Gasteiger partial charge in [-0.3, -0.25) is 0 Å². The van der Waals surface area contributed by atoms with E-state index < -0.39 is 11.2 Å². The summed E-state index contributed by atoms with van der Waals surface area (Å²) < 4.78 is 12.0. The van der Waals surface area contributed by atoms with Crippen LogP contribution in [0, 0.1) is 0 Å². The van der Waals surface area contributed by atoms with E-state index in [1.54, 1.807) is 0 Å². The predicted octanol–water partition coefficient (Wildman–Crippen LogP) is 4.30. The first-order valence-electron chi connectivity index (χ1n) is 9.07. The summed E-state index contributed by atoms with van der Waals surface area (Å²) in [5, 5.41) is 10.6. The molecule has 4 unspecified atom stereocenters. The van der Waals surface area contributed by atoms with Crippen molar-refractivity contribution in [2.45, 2.75) is 102 Å². The van der Waals surface area contributed by atoms with Gasteiger partial charge in [0, 0.05) is 0 Å². The van der Waals surface area contributed by atoms with Crippen LogP contribution in [-0.2, 0) is 9.47 Å². The van der Waals surface area contributed by atoms with Gasteiger partial charge in [0.1, 0.15) is 11.7 Å². The molecule has 3 heteroatoms. The molecule has 2 saturated heterocycles. The van der Waals surface area contributed by atoms with E-state index in [2.05, 4.69) is 32.9 Å². The molecule has 4 atom stereocenters. The highest BCUT2D eigenvalue weighted by Gasteiger charge is 2.65. The van der Waals surface area contributed by atoms with Crippen LogP contribution in [0.4, 0.5) is 0 Å². The van der Waals surface area contributed by atoms with Gasteiger partial charge in [-0.2, -0.15) is 0 Å². The Balaban J connectivity index is 1.79. The zero-order valence-corrected chi connectivity index (χ0v) is 15.3. The molecular formula is C20H32O3. The van der Waals surface area contributed by atoms with Crippen LogP contribution in [0.2, 0.25) is 0 Å². The van der Waals surface area contributed by atoms with E-state index in [1.165, 1.54) is 11.1 Å². The molecule has 130 valence electrons. The lowest BCUT2D eigenvalue weighted by molar-refractivity contribution is -0.0129. The third kappa shape index (κ3) is 3.42. The van der Waals surface area contributed by atoms with Gasteiger partial charge < -0.3 is 14.6 Å². The average molecular weight is 320 g/mol. The van der Waals surface area contributed by atoms with Gasteiger partial charge >= 0.3 is 0 Å². The van der Waals surface area contributed by atoms with E-state index in [0.717, 1.165) is 38.5 Å². The van der Waals surface area contributed by atoms with E-state index in [0.29, 0.717) is 6.10 Å². The van der Waals surface area contributed by atoms with Crippen molar-refractivity contribution in [3.05, 3.63) is 23.3 Å². The molecule has 0 bridgehead atoms. The molecule has 0 aromatic heterocycles. The summed E-state index contributed by atoms with van der Waals surface area (Å²) in [6.45, 7) is 10.4. The number of hydrogen-bond acceptors (Lipinski definition) is 3. The summed E-state index contributed by atoms with van der Waals surface area (Å²) in [5.41, 5.74) is 1.53. The maximum atomic E-state index is 10.6. The minimum absolute atomic E-state index is 0.0299. The largest absolute Gasteiger partial charge is 0.387 e. The van der Waals surface area contributed by atoms with Crippen LogP contribution in [0.15, 0.2) is 23.3 Å². The number of ether oxygens (including phenoxy) is 2. The third-order valence-electron chi connectivity index (χ3n) is 6.07. The molecule has 0 saturated carbocycles. The van der Waals surface area contributed by atoms with Gasteiger partial charge in [-0.25, -0.2) is 0 Å². The monoisotopic (exact) mass is 320 g/mol. The Labute approximate surface area is 140 Å². The topological polar surface area (TPSA) is 45.3 Å². The zero-order chi connectivity index (χ0) is 16.9. The fraction of sp³-hybridized carbons (Fsp3) is 0.800. The first-order chi connectivity index (χ1) is 10.7. The molecule has 0 spiro atoms. The van der Waals surface area contributed by atoms with Crippen LogP contribution >= 0.6 is 0 Å². The predicted molar refractivity (Wildman–Crippen MR) is 92.4 cm³/mol. The molecule has 2 fully saturated rings. The van der Waals surface area contributed by atoms with Crippen LogP contribution < -0.4 is 0 Å². The van der Waals surface area contributed by atoms with Crippen LogP contribution in [0.3, 0.4) is 0 Å². The molecule has 2 aliphatic heterocycles. The minimum Gasteiger partial charge on any atom is -0.387 e. The quantitative estimate of drug-likeness (QED) is 0.579. The summed E-state index contributed by atoms with van der Waals surface area (Å²) in [6.07, 6.45) is 11.2. The molecule has 0 radical (unpaired) electrons. The van der Waals surface area contributed by atoms with Crippen molar-refractivity contribution in [3.63, 3.8) is 0 Å². The Morgan fingerprint density at radius 1 is 1.13 bits per heavy atom. The van der Waals surface area contributed by atoms with Crippen LogP contribution in [0.5, 0.6) is 0 Å². The first-order valence-corrected chi connectivity index (χ1v) is 9.07. The van der Waals surface area contributed by atoms with E-state index >= 15 is 0 Å². The molecule has 3 aliphatic rings. The fourth-order valence-electron chi connectivity index (χ4n) is 4.02. The van der Waals surface area contributed by atoms with Crippen molar-refractivity contribution in [1.29, 1.82) is 0 Å². The Kier molecular flexibility index (Phi) is 4.27. The highest BCUT2D eigenvalue weighted by atomic mass is 16.6. The lowest BCUT2D eigenvalue weighted by Gasteiger charge is -2.27. The van der Waals surface area contributed by atoms with Crippen LogP contribution in [0.25, 0.3) is 0 Å². The Hall–Kier alpha value is -0.640. The van der Waals surface area contributed by atoms with Crippen molar-refractivity contribution in [2.75, 3.05) is 0 Å². The maximum Gasteiger partial charge on any atom is 0.127 e. The van der Waals surface area contributed by atoms with E-state index in [9.17, 15) is 5.11 Å². The summed E-state index contributed by atoms with van der Waals surface area (Å²) in [6, 6.07) is 0. The van der Waals surface area contributed by atoms with Crippen molar-refractivity contribution < 1.29 is 14.6 Å². The number of allylic oxidation sites excluding steroid dienone is 3. The van der Waals surface area contributed by atoms with Crippen molar-refractivity contribution >= 4 is 0 Å². The summed E-state index contributed by atoms with van der Waals surface area (Å²) in [4.78, 5) is 0. The second kappa shape index (κ2) is 5.72. The van der Waals surface area contributed by atoms with Crippen molar-refractivity contribution in [1.82, 2.24) is 0 Å². The summed E-state index contributed by atoms with van der Waals surface area (Å²) in [7, 11) is 0. The Morgan fingerprint density at radius 3 is 2.57 bits per heavy atom. The molecule has 23 heavy (non-hydrogen) atoms. The molecule has 1 aliphatic carbocycles. The van der Waals surface area contributed by atoms with Gasteiger partial charge in [-0.15, -0.1) is 0 Å². The number of aliphatic hydroxyl groups is 1. The van der Waals surface area contributed by atoms with Crippen LogP contribution in [-0.4, -0.2) is 34.1 Å². The molecule has 1 N–H and O–H groups in total. The van der Waals surface area contributed by atoms with Crippen molar-refractivity contribution in [3.8, 4) is 0 Å². The number of epoxide rings is 2. The highest BCUT2D eigenvalue weighted by Crippen LogP contribution is 2.53. The van der Waals surface area contributed by atoms with Gasteiger partial charge in [-0.1, -0.05) is 23.3 Å². The Morgan fingerprint density at radius 2 is 1.87 bits per heavy atom. The number of fused-ring (bicyclic) bond motifs is 2. The molecule has 0 aromatic carbocycles. The molecule has 2 heterocycles.